The summed E-state index contributed by atoms with van der Waals surface area (Å²) in [5.41, 5.74) is 0. The van der Waals surface area contributed by atoms with Crippen LogP contribution in [0.1, 0.15) is 40.4 Å². The van der Waals surface area contributed by atoms with Gasteiger partial charge < -0.3 is 14.6 Å². The molecule has 1 aliphatic rings. The molecule has 0 atom stereocenters. The van der Waals surface area contributed by atoms with Crippen LogP contribution in [-0.4, -0.2) is 34.0 Å². The third kappa shape index (κ3) is 4.62. The second kappa shape index (κ2) is 6.34. The van der Waals surface area contributed by atoms with Crippen LogP contribution >= 0.6 is 0 Å². The molecule has 0 spiro atoms. The Kier molecular flexibility index (Phi) is 4.81. The quantitative estimate of drug-likeness (QED) is 0.665. The van der Waals surface area contributed by atoms with Crippen LogP contribution in [0, 0.1) is 0 Å². The van der Waals surface area contributed by atoms with Crippen LogP contribution in [0.25, 0.3) is 0 Å². The van der Waals surface area contributed by atoms with E-state index in [2.05, 4.69) is 9.73 Å². The first-order valence-corrected chi connectivity index (χ1v) is 5.29. The number of rotatable bonds is 2. The summed E-state index contributed by atoms with van der Waals surface area (Å²) in [6.45, 7) is 0. The van der Waals surface area contributed by atoms with Crippen molar-refractivity contribution in [2.45, 2.75) is 19.3 Å². The third-order valence-corrected chi connectivity index (χ3v) is 2.11. The molecule has 0 radical (unpaired) electrons. The molecule has 0 aliphatic carbocycles. The molecule has 8 heteroatoms. The van der Waals surface area contributed by atoms with E-state index in [9.17, 15) is 19.2 Å². The minimum Gasteiger partial charge on any atom is -0.475 e. The van der Waals surface area contributed by atoms with Crippen LogP contribution in [0.2, 0.25) is 0 Å². The number of aromatic carboxylic acids is 2. The zero-order chi connectivity index (χ0) is 14.4. The van der Waals surface area contributed by atoms with E-state index in [-0.39, 0.29) is 23.3 Å². The number of amides is 2. The molecule has 1 aromatic rings. The zero-order valence-electron chi connectivity index (χ0n) is 9.71. The average molecular weight is 269 g/mol. The number of carboxylic acid groups (broad SMARTS) is 2. The molecule has 2 amide bonds. The summed E-state index contributed by atoms with van der Waals surface area (Å²) < 4.78 is 4.41. The highest BCUT2D eigenvalue weighted by atomic mass is 16.4. The number of carboxylic acids is 2. The molecule has 3 N–H and O–H groups in total. The fourth-order valence-corrected chi connectivity index (χ4v) is 1.26. The lowest BCUT2D eigenvalue weighted by Crippen LogP contribution is -2.33. The van der Waals surface area contributed by atoms with Crippen LogP contribution in [0.15, 0.2) is 16.5 Å². The first-order chi connectivity index (χ1) is 8.90. The van der Waals surface area contributed by atoms with Gasteiger partial charge in [-0.3, -0.25) is 14.9 Å². The SMILES string of the molecule is O=C(O)c1ccc(C(=O)O)o1.O=C1CCCC(=O)N1. The van der Waals surface area contributed by atoms with E-state index in [0.29, 0.717) is 19.3 Å². The molecule has 0 unspecified atom stereocenters. The molecule has 1 fully saturated rings. The van der Waals surface area contributed by atoms with Crippen molar-refractivity contribution in [3.63, 3.8) is 0 Å². The number of carbonyl (C=O) groups excluding carboxylic acids is 2. The minimum atomic E-state index is -1.28. The lowest BCUT2D eigenvalue weighted by Gasteiger charge is -2.07. The molecule has 19 heavy (non-hydrogen) atoms. The molecule has 1 aliphatic heterocycles. The van der Waals surface area contributed by atoms with E-state index in [1.54, 1.807) is 0 Å². The molecule has 102 valence electrons. The topological polar surface area (TPSA) is 134 Å². The lowest BCUT2D eigenvalue weighted by atomic mass is 10.1. The number of piperidine rings is 1. The third-order valence-electron chi connectivity index (χ3n) is 2.11. The summed E-state index contributed by atoms with van der Waals surface area (Å²) in [6, 6.07) is 2.18. The van der Waals surface area contributed by atoms with Gasteiger partial charge in [0.1, 0.15) is 0 Å². The molecular weight excluding hydrogens is 258 g/mol. The van der Waals surface area contributed by atoms with Gasteiger partial charge in [0.15, 0.2) is 0 Å². The van der Waals surface area contributed by atoms with Crippen molar-refractivity contribution in [1.82, 2.24) is 5.32 Å². The molecule has 0 saturated carbocycles. The number of nitrogens with one attached hydrogen (secondary N) is 1. The zero-order valence-corrected chi connectivity index (χ0v) is 9.71. The smallest absolute Gasteiger partial charge is 0.371 e. The maximum Gasteiger partial charge on any atom is 0.371 e. The van der Waals surface area contributed by atoms with Crippen molar-refractivity contribution in [2.24, 2.45) is 0 Å². The van der Waals surface area contributed by atoms with E-state index in [4.69, 9.17) is 10.2 Å². The normalized spacial score (nSPS) is 14.1. The lowest BCUT2D eigenvalue weighted by molar-refractivity contribution is -0.132. The van der Waals surface area contributed by atoms with Gasteiger partial charge in [-0.05, 0) is 18.6 Å². The van der Waals surface area contributed by atoms with Gasteiger partial charge in [-0.15, -0.1) is 0 Å². The van der Waals surface area contributed by atoms with Gasteiger partial charge >= 0.3 is 11.9 Å². The molecule has 2 heterocycles. The van der Waals surface area contributed by atoms with Gasteiger partial charge in [0.25, 0.3) is 0 Å². The number of hydrogen-bond acceptors (Lipinski definition) is 5. The van der Waals surface area contributed by atoms with Crippen molar-refractivity contribution >= 4 is 23.8 Å². The summed E-state index contributed by atoms with van der Waals surface area (Å²) in [5, 5.41) is 18.8. The minimum absolute atomic E-state index is 0.138. The Bertz CT molecular complexity index is 474. The van der Waals surface area contributed by atoms with Gasteiger partial charge in [-0.2, -0.15) is 0 Å². The Labute approximate surface area is 107 Å². The molecule has 0 aromatic carbocycles. The predicted octanol–water partition coefficient (Wildman–Crippen LogP) is 0.489. The Balaban J connectivity index is 0.000000200. The first kappa shape index (κ1) is 14.4. The fraction of sp³-hybridized carbons (Fsp3) is 0.273. The summed E-state index contributed by atoms with van der Waals surface area (Å²) in [4.78, 5) is 41.0. The van der Waals surface area contributed by atoms with E-state index in [1.165, 1.54) is 0 Å². The molecular formula is C11H11NO7. The maximum absolute atomic E-state index is 10.3. The van der Waals surface area contributed by atoms with E-state index < -0.39 is 11.9 Å². The molecule has 0 bridgehead atoms. The number of hydrogen-bond donors (Lipinski definition) is 3. The van der Waals surface area contributed by atoms with E-state index >= 15 is 0 Å². The Morgan fingerprint density at radius 3 is 1.63 bits per heavy atom. The summed E-state index contributed by atoms with van der Waals surface area (Å²) in [5.74, 6) is -3.58. The molecule has 2 rings (SSSR count). The Morgan fingerprint density at radius 2 is 1.42 bits per heavy atom. The Morgan fingerprint density at radius 1 is 1.00 bits per heavy atom. The van der Waals surface area contributed by atoms with Crippen LogP contribution in [0.4, 0.5) is 0 Å². The molecule has 1 saturated heterocycles. The first-order valence-electron chi connectivity index (χ1n) is 5.29. The summed E-state index contributed by atoms with van der Waals surface area (Å²) in [7, 11) is 0. The van der Waals surface area contributed by atoms with Crippen molar-refractivity contribution < 1.29 is 33.8 Å². The number of imide groups is 1. The van der Waals surface area contributed by atoms with Crippen molar-refractivity contribution in [2.75, 3.05) is 0 Å². The van der Waals surface area contributed by atoms with Crippen LogP contribution in [0.3, 0.4) is 0 Å². The van der Waals surface area contributed by atoms with Crippen LogP contribution in [-0.2, 0) is 9.59 Å². The Hall–Kier alpha value is -2.64. The summed E-state index contributed by atoms with van der Waals surface area (Å²) >= 11 is 0. The van der Waals surface area contributed by atoms with E-state index in [1.807, 2.05) is 0 Å². The fourth-order valence-electron chi connectivity index (χ4n) is 1.26. The van der Waals surface area contributed by atoms with Crippen molar-refractivity contribution in [1.29, 1.82) is 0 Å². The molecule has 8 nitrogen and oxygen atoms in total. The average Bonchev–Trinajstić information content (AvgIpc) is 2.78. The van der Waals surface area contributed by atoms with Gasteiger partial charge in [0.2, 0.25) is 23.3 Å². The standard InChI is InChI=1S/C6H4O5.C5H7NO2/c7-5(8)3-1-2-4(11-3)6(9)10;7-4-2-1-3-5(8)6-4/h1-2H,(H,7,8)(H,9,10);1-3H2,(H,6,7,8). The predicted molar refractivity (Wildman–Crippen MR) is 59.6 cm³/mol. The highest BCUT2D eigenvalue weighted by molar-refractivity contribution is 5.97. The maximum atomic E-state index is 10.3. The second-order valence-electron chi connectivity index (χ2n) is 3.60. The van der Waals surface area contributed by atoms with Gasteiger partial charge in [0, 0.05) is 12.8 Å². The van der Waals surface area contributed by atoms with Crippen molar-refractivity contribution in [3.8, 4) is 0 Å². The number of furan rings is 1. The second-order valence-corrected chi connectivity index (χ2v) is 3.60. The monoisotopic (exact) mass is 269 g/mol. The van der Waals surface area contributed by atoms with Crippen LogP contribution < -0.4 is 5.32 Å². The summed E-state index contributed by atoms with van der Waals surface area (Å²) in [6.07, 6.45) is 1.72. The van der Waals surface area contributed by atoms with Gasteiger partial charge in [-0.1, -0.05) is 0 Å². The van der Waals surface area contributed by atoms with E-state index in [0.717, 1.165) is 12.1 Å². The van der Waals surface area contributed by atoms with Crippen LogP contribution in [0.5, 0.6) is 0 Å². The highest BCUT2D eigenvalue weighted by Crippen LogP contribution is 2.06. The van der Waals surface area contributed by atoms with Crippen molar-refractivity contribution in [3.05, 3.63) is 23.7 Å². The largest absolute Gasteiger partial charge is 0.475 e. The number of carbonyl (C=O) groups is 4. The molecule has 1 aromatic heterocycles. The van der Waals surface area contributed by atoms with Gasteiger partial charge in [-0.25, -0.2) is 9.59 Å². The van der Waals surface area contributed by atoms with Gasteiger partial charge in [0.05, 0.1) is 0 Å². The highest BCUT2D eigenvalue weighted by Gasteiger charge is 2.13.